The molecule has 0 unspecified atom stereocenters. The molecule has 0 saturated heterocycles. The lowest BCUT2D eigenvalue weighted by Gasteiger charge is -2.13. The Bertz CT molecular complexity index is 953. The van der Waals surface area contributed by atoms with Crippen molar-refractivity contribution >= 4 is 11.8 Å². The Morgan fingerprint density at radius 2 is 1.63 bits per heavy atom. The fourth-order valence-electron chi connectivity index (χ4n) is 3.13. The maximum Gasteiger partial charge on any atom is 0.340 e. The summed E-state index contributed by atoms with van der Waals surface area (Å²) in [6.45, 7) is 6.17. The lowest BCUT2D eigenvalue weighted by molar-refractivity contribution is 0.0527. The Hall–Kier alpha value is -3.14. The molecule has 0 aliphatic rings. The molecule has 0 spiro atoms. The first-order valence-electron chi connectivity index (χ1n) is 9.03. The van der Waals surface area contributed by atoms with Crippen molar-refractivity contribution in [1.29, 1.82) is 0 Å². The van der Waals surface area contributed by atoms with Crippen LogP contribution in [0.25, 0.3) is 11.3 Å². The number of carbonyl (C=O) groups is 2. The fraction of sp³-hybridized carbons (Fsp3) is 0.217. The summed E-state index contributed by atoms with van der Waals surface area (Å²) in [5, 5.41) is 0. The van der Waals surface area contributed by atoms with Gasteiger partial charge in [-0.25, -0.2) is 4.79 Å². The summed E-state index contributed by atoms with van der Waals surface area (Å²) in [6, 6.07) is 18.9. The van der Waals surface area contributed by atoms with Gasteiger partial charge in [-0.2, -0.15) is 0 Å². The number of carbonyl (C=O) groups excluding carboxylic acids is 2. The van der Waals surface area contributed by atoms with Gasteiger partial charge in [-0.05, 0) is 32.4 Å². The third-order valence-corrected chi connectivity index (χ3v) is 4.52. The van der Waals surface area contributed by atoms with E-state index in [9.17, 15) is 9.59 Å². The van der Waals surface area contributed by atoms with Crippen molar-refractivity contribution in [3.8, 4) is 11.3 Å². The molecule has 1 aromatic heterocycles. The van der Waals surface area contributed by atoms with Crippen LogP contribution in [0.4, 0.5) is 0 Å². The molecule has 0 bridgehead atoms. The number of esters is 1. The van der Waals surface area contributed by atoms with Crippen molar-refractivity contribution in [3.05, 3.63) is 83.0 Å². The largest absolute Gasteiger partial charge is 0.462 e. The second-order valence-corrected chi connectivity index (χ2v) is 6.51. The number of rotatable bonds is 6. The predicted molar refractivity (Wildman–Crippen MR) is 106 cm³/mol. The number of Topliss-reactive ketones (excluding diaryl/α,β-unsaturated/α-hetero) is 1. The average molecular weight is 361 g/mol. The van der Waals surface area contributed by atoms with Crippen LogP contribution in [0.5, 0.6) is 0 Å². The quantitative estimate of drug-likeness (QED) is 0.467. The van der Waals surface area contributed by atoms with Crippen LogP contribution in [0.1, 0.15) is 38.9 Å². The molecule has 2 aromatic carbocycles. The van der Waals surface area contributed by atoms with Crippen LogP contribution in [0, 0.1) is 13.8 Å². The number of hydrogen-bond acceptors (Lipinski definition) is 3. The third kappa shape index (κ3) is 4.00. The minimum absolute atomic E-state index is 0.00179. The van der Waals surface area contributed by atoms with E-state index in [1.54, 1.807) is 25.1 Å². The van der Waals surface area contributed by atoms with Gasteiger partial charge in [0.25, 0.3) is 0 Å². The van der Waals surface area contributed by atoms with Crippen molar-refractivity contribution in [2.45, 2.75) is 27.3 Å². The molecular weight excluding hydrogens is 338 g/mol. The maximum atomic E-state index is 12.8. The van der Waals surface area contributed by atoms with Gasteiger partial charge in [-0.15, -0.1) is 0 Å². The van der Waals surface area contributed by atoms with Gasteiger partial charge in [-0.1, -0.05) is 60.2 Å². The van der Waals surface area contributed by atoms with Crippen LogP contribution in [0.15, 0.2) is 60.7 Å². The lowest BCUT2D eigenvalue weighted by atomic mass is 10.1. The van der Waals surface area contributed by atoms with Gasteiger partial charge < -0.3 is 9.30 Å². The van der Waals surface area contributed by atoms with Crippen LogP contribution in [-0.2, 0) is 11.3 Å². The molecule has 0 amide bonds. The molecule has 0 atom stereocenters. The molecule has 0 aliphatic carbocycles. The highest BCUT2D eigenvalue weighted by Crippen LogP contribution is 2.29. The maximum absolute atomic E-state index is 12.8. The third-order valence-electron chi connectivity index (χ3n) is 4.52. The SMILES string of the molecule is CCOC(=O)c1cc(C)n(CC(=O)c2ccccc2)c1-c1ccc(C)cc1. The molecule has 27 heavy (non-hydrogen) atoms. The minimum Gasteiger partial charge on any atom is -0.462 e. The Morgan fingerprint density at radius 1 is 0.963 bits per heavy atom. The molecule has 0 saturated carbocycles. The molecule has 4 heteroatoms. The van der Waals surface area contributed by atoms with Crippen molar-refractivity contribution in [1.82, 2.24) is 4.57 Å². The van der Waals surface area contributed by atoms with Crippen molar-refractivity contribution in [2.24, 2.45) is 0 Å². The molecule has 1 heterocycles. The summed E-state index contributed by atoms with van der Waals surface area (Å²) in [4.78, 5) is 25.3. The van der Waals surface area contributed by atoms with Gasteiger partial charge in [-0.3, -0.25) is 4.79 Å². The second kappa shape index (κ2) is 8.04. The van der Waals surface area contributed by atoms with E-state index in [0.29, 0.717) is 17.7 Å². The average Bonchev–Trinajstić information content (AvgIpc) is 3.00. The van der Waals surface area contributed by atoms with E-state index >= 15 is 0 Å². The Labute approximate surface area is 159 Å². The number of ketones is 1. The summed E-state index contributed by atoms with van der Waals surface area (Å²) in [6.07, 6.45) is 0. The Balaban J connectivity index is 2.08. The van der Waals surface area contributed by atoms with E-state index in [1.807, 2.05) is 60.9 Å². The topological polar surface area (TPSA) is 48.3 Å². The normalized spacial score (nSPS) is 10.6. The van der Waals surface area contributed by atoms with Crippen molar-refractivity contribution in [2.75, 3.05) is 6.61 Å². The molecule has 0 radical (unpaired) electrons. The number of aryl methyl sites for hydroxylation is 2. The lowest BCUT2D eigenvalue weighted by Crippen LogP contribution is -2.14. The van der Waals surface area contributed by atoms with Crippen LogP contribution >= 0.6 is 0 Å². The zero-order valence-corrected chi connectivity index (χ0v) is 15.9. The Morgan fingerprint density at radius 3 is 2.26 bits per heavy atom. The fourth-order valence-corrected chi connectivity index (χ4v) is 3.13. The molecule has 4 nitrogen and oxygen atoms in total. The molecule has 3 rings (SSSR count). The zero-order chi connectivity index (χ0) is 19.4. The van der Waals surface area contributed by atoms with Crippen LogP contribution in [0.2, 0.25) is 0 Å². The van der Waals surface area contributed by atoms with Gasteiger partial charge in [0, 0.05) is 11.3 Å². The van der Waals surface area contributed by atoms with Gasteiger partial charge in [0.1, 0.15) is 0 Å². The number of aromatic nitrogens is 1. The monoisotopic (exact) mass is 361 g/mol. The molecule has 0 aliphatic heterocycles. The standard InChI is InChI=1S/C23H23NO3/c1-4-27-23(26)20-14-17(3)24(15-21(25)18-8-6-5-7-9-18)22(20)19-12-10-16(2)11-13-19/h5-14H,4,15H2,1-3H3. The molecule has 0 N–H and O–H groups in total. The summed E-state index contributed by atoms with van der Waals surface area (Å²) in [5.74, 6) is -0.375. The van der Waals surface area contributed by atoms with Crippen LogP contribution in [-0.4, -0.2) is 22.9 Å². The Kier molecular flexibility index (Phi) is 5.55. The van der Waals surface area contributed by atoms with Crippen molar-refractivity contribution in [3.63, 3.8) is 0 Å². The van der Waals surface area contributed by atoms with Gasteiger partial charge in [0.2, 0.25) is 0 Å². The van der Waals surface area contributed by atoms with E-state index in [-0.39, 0.29) is 18.3 Å². The minimum atomic E-state index is -0.373. The van der Waals surface area contributed by atoms with Gasteiger partial charge in [0.15, 0.2) is 5.78 Å². The molecule has 3 aromatic rings. The van der Waals surface area contributed by atoms with Crippen molar-refractivity contribution < 1.29 is 14.3 Å². The highest BCUT2D eigenvalue weighted by atomic mass is 16.5. The van der Waals surface area contributed by atoms with Gasteiger partial charge in [0.05, 0.1) is 24.4 Å². The molecule has 138 valence electrons. The van der Waals surface area contributed by atoms with Gasteiger partial charge >= 0.3 is 5.97 Å². The first kappa shape index (κ1) is 18.6. The smallest absolute Gasteiger partial charge is 0.340 e. The number of ether oxygens (including phenoxy) is 1. The second-order valence-electron chi connectivity index (χ2n) is 6.51. The first-order chi connectivity index (χ1) is 13.0. The highest BCUT2D eigenvalue weighted by molar-refractivity contribution is 5.99. The van der Waals surface area contributed by atoms with E-state index in [1.165, 1.54) is 0 Å². The summed E-state index contributed by atoms with van der Waals surface area (Å²) < 4.78 is 7.13. The number of benzene rings is 2. The van der Waals surface area contributed by atoms with E-state index in [4.69, 9.17) is 4.74 Å². The number of nitrogens with zero attached hydrogens (tertiary/aromatic N) is 1. The molecular formula is C23H23NO3. The summed E-state index contributed by atoms with van der Waals surface area (Å²) in [7, 11) is 0. The summed E-state index contributed by atoms with van der Waals surface area (Å²) >= 11 is 0. The van der Waals surface area contributed by atoms with Crippen LogP contribution in [0.3, 0.4) is 0 Å². The van der Waals surface area contributed by atoms with E-state index in [2.05, 4.69) is 0 Å². The van der Waals surface area contributed by atoms with E-state index < -0.39 is 0 Å². The number of hydrogen-bond donors (Lipinski definition) is 0. The molecule has 0 fully saturated rings. The predicted octanol–water partition coefficient (Wildman–Crippen LogP) is 4.83. The van der Waals surface area contributed by atoms with E-state index in [0.717, 1.165) is 22.5 Å². The van der Waals surface area contributed by atoms with Crippen LogP contribution < -0.4 is 0 Å². The highest BCUT2D eigenvalue weighted by Gasteiger charge is 2.22. The zero-order valence-electron chi connectivity index (χ0n) is 15.9. The first-order valence-corrected chi connectivity index (χ1v) is 9.03. The summed E-state index contributed by atoms with van der Waals surface area (Å²) in [5.41, 5.74) is 4.72.